The molecule has 0 heterocycles. The second-order valence-corrected chi connectivity index (χ2v) is 3.42. The van der Waals surface area contributed by atoms with Gasteiger partial charge in [-0.05, 0) is 12.1 Å². The number of alkyl halides is 6. The predicted molar refractivity (Wildman–Crippen MR) is 52.1 cm³/mol. The molecule has 0 saturated heterocycles. The Balaban J connectivity index is 3.02. The van der Waals surface area contributed by atoms with Crippen LogP contribution in [0.25, 0.3) is 0 Å². The molecule has 0 spiro atoms. The van der Waals surface area contributed by atoms with E-state index in [1.54, 1.807) is 0 Å². The van der Waals surface area contributed by atoms with Gasteiger partial charge in [0.1, 0.15) is 11.4 Å². The maximum Gasteiger partial charge on any atom is 0.573 e. The fourth-order valence-corrected chi connectivity index (χ4v) is 1.04. The van der Waals surface area contributed by atoms with Crippen LogP contribution in [0, 0.1) is 5.82 Å². The van der Waals surface area contributed by atoms with Gasteiger partial charge in [0.15, 0.2) is 5.82 Å². The van der Waals surface area contributed by atoms with Crippen LogP contribution < -0.4 is 4.74 Å². The average Bonchev–Trinajstić information content (AvgIpc) is 2.18. The van der Waals surface area contributed by atoms with E-state index >= 15 is 0 Å². The molecule has 10 heteroatoms. The van der Waals surface area contributed by atoms with Crippen molar-refractivity contribution in [3.05, 3.63) is 24.0 Å². The summed E-state index contributed by atoms with van der Waals surface area (Å²) >= 11 is 4.76. The number of benzene rings is 1. The Morgan fingerprint density at radius 2 is 1.68 bits per heavy atom. The molecule has 0 N–H and O–H groups in total. The van der Waals surface area contributed by atoms with Gasteiger partial charge >= 0.3 is 12.5 Å². The molecule has 0 bridgehead atoms. The molecule has 0 fully saturated rings. The number of nitrogens with zero attached hydrogens (tertiary/aromatic N) is 1. The molecule has 0 aromatic heterocycles. The van der Waals surface area contributed by atoms with Gasteiger partial charge in [-0.15, -0.1) is 13.2 Å². The van der Waals surface area contributed by atoms with Gasteiger partial charge in [0.05, 0.1) is 0 Å². The summed E-state index contributed by atoms with van der Waals surface area (Å²) in [7, 11) is 0. The van der Waals surface area contributed by atoms with Crippen LogP contribution in [0.2, 0.25) is 0 Å². The van der Waals surface area contributed by atoms with Gasteiger partial charge in [0.2, 0.25) is 5.17 Å². The zero-order valence-electron chi connectivity index (χ0n) is 8.61. The Bertz CT molecular complexity index is 494. The second kappa shape index (κ2) is 5.24. The van der Waals surface area contributed by atoms with E-state index in [9.17, 15) is 30.7 Å². The van der Waals surface area contributed by atoms with Gasteiger partial charge in [0, 0.05) is 6.07 Å². The second-order valence-electron chi connectivity index (χ2n) is 3.06. The van der Waals surface area contributed by atoms with E-state index in [0.29, 0.717) is 12.1 Å². The van der Waals surface area contributed by atoms with Crippen LogP contribution in [-0.4, -0.2) is 17.7 Å². The van der Waals surface area contributed by atoms with Gasteiger partial charge in [-0.1, -0.05) is 11.6 Å². The molecule has 1 aromatic rings. The molecular formula is C9H3ClF7NO. The minimum absolute atomic E-state index is 0.243. The van der Waals surface area contributed by atoms with Gasteiger partial charge in [-0.2, -0.15) is 13.2 Å². The van der Waals surface area contributed by atoms with Crippen molar-refractivity contribution in [2.45, 2.75) is 12.5 Å². The summed E-state index contributed by atoms with van der Waals surface area (Å²) in [6.07, 6.45) is -10.0. The highest BCUT2D eigenvalue weighted by atomic mass is 35.5. The lowest BCUT2D eigenvalue weighted by Gasteiger charge is -2.09. The average molecular weight is 310 g/mol. The summed E-state index contributed by atoms with van der Waals surface area (Å²) in [5.74, 6) is -2.36. The van der Waals surface area contributed by atoms with Crippen molar-refractivity contribution in [1.82, 2.24) is 0 Å². The zero-order valence-corrected chi connectivity index (χ0v) is 9.37. The third-order valence-electron chi connectivity index (χ3n) is 1.61. The van der Waals surface area contributed by atoms with Crippen molar-refractivity contribution in [3.63, 3.8) is 0 Å². The SMILES string of the molecule is Fc1cc(OC(F)(F)F)ccc1N=C(Cl)C(F)(F)F. The number of aliphatic imine (C=N–C) groups is 1. The van der Waals surface area contributed by atoms with Crippen LogP contribution >= 0.6 is 11.6 Å². The lowest BCUT2D eigenvalue weighted by atomic mass is 10.3. The van der Waals surface area contributed by atoms with Crippen LogP contribution in [-0.2, 0) is 0 Å². The molecule has 1 rings (SSSR count). The van der Waals surface area contributed by atoms with Crippen molar-refractivity contribution in [2.75, 3.05) is 0 Å². The summed E-state index contributed by atoms with van der Waals surface area (Å²) in [5.41, 5.74) is -0.864. The van der Waals surface area contributed by atoms with Crippen molar-refractivity contribution >= 4 is 22.5 Å². The summed E-state index contributed by atoms with van der Waals surface area (Å²) in [6.45, 7) is 0. The lowest BCUT2D eigenvalue weighted by molar-refractivity contribution is -0.274. The van der Waals surface area contributed by atoms with E-state index in [0.717, 1.165) is 0 Å². The number of rotatable bonds is 2. The highest BCUT2D eigenvalue weighted by Gasteiger charge is 2.35. The molecule has 0 radical (unpaired) electrons. The van der Waals surface area contributed by atoms with Crippen molar-refractivity contribution < 1.29 is 35.5 Å². The topological polar surface area (TPSA) is 21.6 Å². The highest BCUT2D eigenvalue weighted by molar-refractivity contribution is 6.67. The van der Waals surface area contributed by atoms with Crippen LogP contribution in [0.1, 0.15) is 0 Å². The normalized spacial score (nSPS) is 13.6. The first kappa shape index (κ1) is 15.5. The van der Waals surface area contributed by atoms with Crippen molar-refractivity contribution in [1.29, 1.82) is 0 Å². The van der Waals surface area contributed by atoms with Gasteiger partial charge in [0.25, 0.3) is 0 Å². The standard InChI is InChI=1S/C9H3ClF7NO/c10-7(8(12,13)14)18-6-2-1-4(3-5(6)11)19-9(15,16)17/h1-3H. The minimum Gasteiger partial charge on any atom is -0.406 e. The molecule has 0 aliphatic carbocycles. The van der Waals surface area contributed by atoms with Crippen LogP contribution in [0.5, 0.6) is 5.75 Å². The maximum atomic E-state index is 13.2. The molecule has 0 atom stereocenters. The molecule has 0 aliphatic heterocycles. The largest absolute Gasteiger partial charge is 0.573 e. The monoisotopic (exact) mass is 309 g/mol. The predicted octanol–water partition coefficient (Wildman–Crippen LogP) is 4.56. The summed E-state index contributed by atoms with van der Waals surface area (Å²) in [5, 5.41) is -1.85. The van der Waals surface area contributed by atoms with Crippen molar-refractivity contribution in [2.24, 2.45) is 4.99 Å². The molecule has 106 valence electrons. The molecule has 1 aromatic carbocycles. The van der Waals surface area contributed by atoms with Gasteiger partial charge < -0.3 is 4.74 Å². The number of hydrogen-bond acceptors (Lipinski definition) is 2. The molecule has 19 heavy (non-hydrogen) atoms. The van der Waals surface area contributed by atoms with Crippen LogP contribution in [0.4, 0.5) is 36.4 Å². The van der Waals surface area contributed by atoms with E-state index in [1.807, 2.05) is 0 Å². The third kappa shape index (κ3) is 4.93. The molecule has 0 aliphatic rings. The quantitative estimate of drug-likeness (QED) is 0.580. The van der Waals surface area contributed by atoms with Crippen LogP contribution in [0.3, 0.4) is 0 Å². The van der Waals surface area contributed by atoms with E-state index in [-0.39, 0.29) is 6.07 Å². The third-order valence-corrected chi connectivity index (χ3v) is 1.90. The molecule has 0 saturated carbocycles. The number of halogens is 8. The van der Waals surface area contributed by atoms with Crippen LogP contribution in [0.15, 0.2) is 23.2 Å². The Morgan fingerprint density at radius 3 is 2.11 bits per heavy atom. The first-order valence-corrected chi connectivity index (χ1v) is 4.73. The van der Waals surface area contributed by atoms with E-state index in [2.05, 4.69) is 9.73 Å². The lowest BCUT2D eigenvalue weighted by Crippen LogP contribution is -2.17. The summed E-state index contributed by atoms with van der Waals surface area (Å²) in [4.78, 5) is 2.71. The molecular weight excluding hydrogens is 307 g/mol. The molecule has 2 nitrogen and oxygen atoms in total. The first-order valence-electron chi connectivity index (χ1n) is 4.36. The highest BCUT2D eigenvalue weighted by Crippen LogP contribution is 2.29. The Labute approximate surface area is 106 Å². The number of ether oxygens (including phenoxy) is 1. The van der Waals surface area contributed by atoms with E-state index in [4.69, 9.17) is 11.6 Å². The zero-order chi connectivity index (χ0) is 14.8. The van der Waals surface area contributed by atoms with Crippen molar-refractivity contribution in [3.8, 4) is 5.75 Å². The molecule has 0 unspecified atom stereocenters. The molecule has 0 amide bonds. The number of hydrogen-bond donors (Lipinski definition) is 0. The van der Waals surface area contributed by atoms with E-state index < -0.39 is 35.0 Å². The summed E-state index contributed by atoms with van der Waals surface area (Å²) in [6, 6.07) is 1.42. The first-order chi connectivity index (χ1) is 8.49. The maximum absolute atomic E-state index is 13.2. The fourth-order valence-electron chi connectivity index (χ4n) is 0.945. The van der Waals surface area contributed by atoms with Gasteiger partial charge in [-0.25, -0.2) is 9.38 Å². The fraction of sp³-hybridized carbons (Fsp3) is 0.222. The van der Waals surface area contributed by atoms with E-state index in [1.165, 1.54) is 0 Å². The smallest absolute Gasteiger partial charge is 0.406 e. The summed E-state index contributed by atoms with van der Waals surface area (Å²) < 4.78 is 88.0. The Morgan fingerprint density at radius 1 is 1.11 bits per heavy atom. The Kier molecular flexibility index (Phi) is 4.28. The Hall–Kier alpha value is -1.51. The van der Waals surface area contributed by atoms with Gasteiger partial charge in [-0.3, -0.25) is 0 Å². The minimum atomic E-state index is -5.04.